The summed E-state index contributed by atoms with van der Waals surface area (Å²) in [5.74, 6) is 0.386. The molecule has 0 saturated heterocycles. The lowest BCUT2D eigenvalue weighted by Gasteiger charge is -2.31. The van der Waals surface area contributed by atoms with E-state index in [0.29, 0.717) is 29.6 Å². The molecule has 0 spiro atoms. The van der Waals surface area contributed by atoms with Crippen molar-refractivity contribution in [3.63, 3.8) is 0 Å². The van der Waals surface area contributed by atoms with Gasteiger partial charge in [0.15, 0.2) is 0 Å². The molecule has 0 fully saturated rings. The predicted molar refractivity (Wildman–Crippen MR) is 90.0 cm³/mol. The molecule has 1 aliphatic heterocycles. The second-order valence-corrected chi connectivity index (χ2v) is 7.61. The molecule has 22 heavy (non-hydrogen) atoms. The minimum absolute atomic E-state index is 0.341. The zero-order valence-corrected chi connectivity index (χ0v) is 13.6. The van der Waals surface area contributed by atoms with Crippen LogP contribution in [0.1, 0.15) is 25.3 Å². The molecule has 1 heterocycles. The van der Waals surface area contributed by atoms with Gasteiger partial charge < -0.3 is 5.32 Å². The van der Waals surface area contributed by atoms with Crippen LogP contribution in [0, 0.1) is 0 Å². The number of anilines is 2. The van der Waals surface area contributed by atoms with Crippen LogP contribution in [0.4, 0.5) is 11.4 Å². The molecule has 0 aliphatic carbocycles. The first-order valence-corrected chi connectivity index (χ1v) is 8.90. The van der Waals surface area contributed by atoms with Gasteiger partial charge in [0.1, 0.15) is 0 Å². The maximum Gasteiger partial charge on any atom is 0.264 e. The number of para-hydroxylation sites is 2. The Morgan fingerprint density at radius 1 is 1.05 bits per heavy atom. The maximum atomic E-state index is 12.9. The molecular formula is C17H20N2O2S. The lowest BCUT2D eigenvalue weighted by Crippen LogP contribution is -2.38. The minimum Gasteiger partial charge on any atom is -0.382 e. The number of sulfonamides is 1. The third kappa shape index (κ3) is 2.57. The molecule has 4 nitrogen and oxygen atoms in total. The minimum atomic E-state index is -3.52. The zero-order chi connectivity index (χ0) is 15.7. The molecule has 3 rings (SSSR count). The molecule has 1 N–H and O–H groups in total. The lowest BCUT2D eigenvalue weighted by molar-refractivity contribution is 0.590. The third-order valence-corrected chi connectivity index (χ3v) is 5.77. The largest absolute Gasteiger partial charge is 0.382 e. The number of hydrogen-bond donors (Lipinski definition) is 1. The molecule has 2 aromatic rings. The summed E-state index contributed by atoms with van der Waals surface area (Å²) in [7, 11) is -3.52. The van der Waals surface area contributed by atoms with Gasteiger partial charge >= 0.3 is 0 Å². The highest BCUT2D eigenvalue weighted by atomic mass is 32.2. The monoisotopic (exact) mass is 316 g/mol. The van der Waals surface area contributed by atoms with Crippen LogP contribution in [0.5, 0.6) is 0 Å². The first kappa shape index (κ1) is 14.9. The van der Waals surface area contributed by atoms with Crippen molar-refractivity contribution in [2.75, 3.05) is 22.7 Å². The Morgan fingerprint density at radius 3 is 2.41 bits per heavy atom. The van der Waals surface area contributed by atoms with E-state index in [4.69, 9.17) is 0 Å². The average Bonchev–Trinajstić information content (AvgIpc) is 2.54. The summed E-state index contributed by atoms with van der Waals surface area (Å²) >= 11 is 0. The normalized spacial score (nSPS) is 14.6. The summed E-state index contributed by atoms with van der Waals surface area (Å²) in [5, 5.41) is 3.23. The number of nitrogens with one attached hydrogen (secondary N) is 1. The van der Waals surface area contributed by atoms with Gasteiger partial charge in [-0.2, -0.15) is 0 Å². The van der Waals surface area contributed by atoms with Gasteiger partial charge in [0.25, 0.3) is 10.0 Å². The molecule has 0 atom stereocenters. The van der Waals surface area contributed by atoms with Gasteiger partial charge in [0.2, 0.25) is 0 Å². The van der Waals surface area contributed by atoms with Crippen molar-refractivity contribution in [1.82, 2.24) is 0 Å². The first-order valence-electron chi connectivity index (χ1n) is 7.46. The van der Waals surface area contributed by atoms with Crippen LogP contribution in [0.3, 0.4) is 0 Å². The number of fused-ring (bicyclic) bond motifs is 1. The molecule has 0 bridgehead atoms. The van der Waals surface area contributed by atoms with E-state index in [9.17, 15) is 8.42 Å². The van der Waals surface area contributed by atoms with Gasteiger partial charge in [0, 0.05) is 6.54 Å². The van der Waals surface area contributed by atoms with Crippen LogP contribution in [0.15, 0.2) is 53.4 Å². The Bertz CT molecular complexity index is 768. The summed E-state index contributed by atoms with van der Waals surface area (Å²) in [5.41, 5.74) is 2.71. The molecule has 116 valence electrons. The fourth-order valence-electron chi connectivity index (χ4n) is 2.65. The zero-order valence-electron chi connectivity index (χ0n) is 12.8. The summed E-state index contributed by atoms with van der Waals surface area (Å²) in [6, 6.07) is 14.7. The highest BCUT2D eigenvalue weighted by molar-refractivity contribution is 7.92. The maximum absolute atomic E-state index is 12.9. The van der Waals surface area contributed by atoms with Crippen molar-refractivity contribution in [3.05, 3.63) is 54.1 Å². The molecule has 2 aromatic carbocycles. The Kier molecular flexibility index (Phi) is 3.83. The van der Waals surface area contributed by atoms with Crippen LogP contribution < -0.4 is 9.62 Å². The summed E-state index contributed by atoms with van der Waals surface area (Å²) in [6.07, 6.45) is 0. The molecule has 0 amide bonds. The molecular weight excluding hydrogens is 296 g/mol. The average molecular weight is 316 g/mol. The Balaban J connectivity index is 2.00. The van der Waals surface area contributed by atoms with E-state index in [1.165, 1.54) is 4.31 Å². The highest BCUT2D eigenvalue weighted by Crippen LogP contribution is 2.33. The summed E-state index contributed by atoms with van der Waals surface area (Å²) in [4.78, 5) is 0.341. The Labute approximate surface area is 131 Å². The van der Waals surface area contributed by atoms with Crippen LogP contribution in [0.2, 0.25) is 0 Å². The van der Waals surface area contributed by atoms with Gasteiger partial charge in [-0.3, -0.25) is 4.31 Å². The Hall–Kier alpha value is -2.01. The number of nitrogens with zero attached hydrogens (tertiary/aromatic N) is 1. The number of benzene rings is 2. The first-order chi connectivity index (χ1) is 10.5. The van der Waals surface area contributed by atoms with Gasteiger partial charge in [0.05, 0.1) is 22.8 Å². The van der Waals surface area contributed by atoms with E-state index in [2.05, 4.69) is 19.2 Å². The van der Waals surface area contributed by atoms with E-state index in [0.717, 1.165) is 11.3 Å². The fourth-order valence-corrected chi connectivity index (χ4v) is 4.14. The van der Waals surface area contributed by atoms with Gasteiger partial charge in [-0.15, -0.1) is 0 Å². The van der Waals surface area contributed by atoms with Crippen LogP contribution in [0.25, 0.3) is 0 Å². The van der Waals surface area contributed by atoms with Gasteiger partial charge in [-0.25, -0.2) is 8.42 Å². The smallest absolute Gasteiger partial charge is 0.264 e. The van der Waals surface area contributed by atoms with Crippen LogP contribution in [-0.4, -0.2) is 21.5 Å². The van der Waals surface area contributed by atoms with Gasteiger partial charge in [-0.05, 0) is 35.7 Å². The topological polar surface area (TPSA) is 49.4 Å². The van der Waals surface area contributed by atoms with Crippen molar-refractivity contribution >= 4 is 21.4 Å². The number of hydrogen-bond acceptors (Lipinski definition) is 3. The lowest BCUT2D eigenvalue weighted by atomic mass is 10.0. The van der Waals surface area contributed by atoms with E-state index >= 15 is 0 Å². The predicted octanol–water partition coefficient (Wildman–Crippen LogP) is 3.43. The Morgan fingerprint density at radius 2 is 1.73 bits per heavy atom. The van der Waals surface area contributed by atoms with Crippen molar-refractivity contribution in [1.29, 1.82) is 0 Å². The van der Waals surface area contributed by atoms with E-state index in [1.54, 1.807) is 12.1 Å². The van der Waals surface area contributed by atoms with Crippen molar-refractivity contribution < 1.29 is 8.42 Å². The molecule has 0 radical (unpaired) electrons. The molecule has 5 heteroatoms. The summed E-state index contributed by atoms with van der Waals surface area (Å²) < 4.78 is 27.3. The molecule has 0 unspecified atom stereocenters. The summed E-state index contributed by atoms with van der Waals surface area (Å²) in [6.45, 7) is 5.23. The second-order valence-electron chi connectivity index (χ2n) is 5.74. The quantitative estimate of drug-likeness (QED) is 0.944. The van der Waals surface area contributed by atoms with Crippen molar-refractivity contribution in [2.45, 2.75) is 24.7 Å². The molecule has 0 aromatic heterocycles. The van der Waals surface area contributed by atoms with E-state index < -0.39 is 10.0 Å². The van der Waals surface area contributed by atoms with Crippen LogP contribution >= 0.6 is 0 Å². The van der Waals surface area contributed by atoms with Crippen molar-refractivity contribution in [2.24, 2.45) is 0 Å². The standard InChI is InChI=1S/C17H20N2O2S/c1-13(2)14-7-9-15(10-8-14)22(20,21)19-12-11-18-16-5-3-4-6-17(16)19/h3-10,13,18H,11-12H2,1-2H3. The SMILES string of the molecule is CC(C)c1ccc(S(=O)(=O)N2CCNc3ccccc32)cc1. The molecule has 1 aliphatic rings. The second kappa shape index (κ2) is 5.65. The van der Waals surface area contributed by atoms with Gasteiger partial charge in [-0.1, -0.05) is 38.1 Å². The van der Waals surface area contributed by atoms with Crippen molar-refractivity contribution in [3.8, 4) is 0 Å². The number of rotatable bonds is 3. The fraction of sp³-hybridized carbons (Fsp3) is 0.294. The van der Waals surface area contributed by atoms with E-state index in [1.807, 2.05) is 36.4 Å². The highest BCUT2D eigenvalue weighted by Gasteiger charge is 2.28. The van der Waals surface area contributed by atoms with E-state index in [-0.39, 0.29) is 0 Å². The van der Waals surface area contributed by atoms with Crippen LogP contribution in [-0.2, 0) is 10.0 Å². The third-order valence-electron chi connectivity index (χ3n) is 3.94. The molecule has 0 saturated carbocycles.